The lowest BCUT2D eigenvalue weighted by Crippen LogP contribution is -2.27. The van der Waals surface area contributed by atoms with Gasteiger partial charge < -0.3 is 9.30 Å². The number of aromatic nitrogens is 1. The number of ketones is 1. The number of nitrogens with zero attached hydrogens (tertiary/aromatic N) is 1. The van der Waals surface area contributed by atoms with Crippen molar-refractivity contribution in [3.63, 3.8) is 0 Å². The monoisotopic (exact) mass is 345 g/mol. The first-order valence-electron chi connectivity index (χ1n) is 8.17. The molecular weight excluding hydrogens is 326 g/mol. The number of halogens is 1. The summed E-state index contributed by atoms with van der Waals surface area (Å²) in [6.45, 7) is 4.42. The summed E-state index contributed by atoms with van der Waals surface area (Å²) in [6.07, 6.45) is 1.46. The number of rotatable bonds is 4. The van der Waals surface area contributed by atoms with Crippen molar-refractivity contribution in [1.82, 2.24) is 4.57 Å². The molecule has 0 saturated carbocycles. The molecule has 5 heteroatoms. The minimum absolute atomic E-state index is 0.0595. The number of fused-ring (bicyclic) bond motifs is 1. The van der Waals surface area contributed by atoms with Crippen LogP contribution in [0.4, 0.5) is 0 Å². The summed E-state index contributed by atoms with van der Waals surface area (Å²) in [6, 6.07) is 10.5. The van der Waals surface area contributed by atoms with Crippen LogP contribution >= 0.6 is 11.6 Å². The fourth-order valence-corrected chi connectivity index (χ4v) is 3.27. The molecule has 0 radical (unpaired) electrons. The summed E-state index contributed by atoms with van der Waals surface area (Å²) in [4.78, 5) is 25.1. The van der Waals surface area contributed by atoms with E-state index in [1.807, 2.05) is 24.5 Å². The van der Waals surface area contributed by atoms with Gasteiger partial charge in [-0.05, 0) is 63.1 Å². The third-order valence-electron chi connectivity index (χ3n) is 4.22. The number of hydrogen-bond donors (Lipinski definition) is 0. The molecule has 2 heterocycles. The van der Waals surface area contributed by atoms with Crippen molar-refractivity contribution in [1.29, 1.82) is 0 Å². The molecule has 0 bridgehead atoms. The van der Waals surface area contributed by atoms with E-state index >= 15 is 0 Å². The maximum absolute atomic E-state index is 12.8. The molecule has 0 aliphatic carbocycles. The predicted molar refractivity (Wildman–Crippen MR) is 92.5 cm³/mol. The molecule has 1 aliphatic rings. The van der Waals surface area contributed by atoms with Crippen LogP contribution in [0.3, 0.4) is 0 Å². The molecular formula is C19H20ClNO3. The Kier molecular flexibility index (Phi) is 4.76. The Bertz CT molecular complexity index is 761. The number of carbonyl (C=O) groups excluding carboxylic acids is 2. The Labute approximate surface area is 146 Å². The summed E-state index contributed by atoms with van der Waals surface area (Å²) < 4.78 is 7.31. The number of esters is 1. The SMILES string of the molecule is CC(C)OC(=O)C1CCCn2c(C(=O)c3ccc(Cl)cc3)ccc21. The second-order valence-corrected chi connectivity index (χ2v) is 6.75. The topological polar surface area (TPSA) is 48.3 Å². The molecule has 0 spiro atoms. The van der Waals surface area contributed by atoms with Gasteiger partial charge in [0.15, 0.2) is 0 Å². The van der Waals surface area contributed by atoms with E-state index in [2.05, 4.69) is 0 Å². The highest BCUT2D eigenvalue weighted by Crippen LogP contribution is 2.31. The Balaban J connectivity index is 1.90. The first kappa shape index (κ1) is 16.8. The highest BCUT2D eigenvalue weighted by Gasteiger charge is 2.31. The van der Waals surface area contributed by atoms with Crippen molar-refractivity contribution in [2.75, 3.05) is 0 Å². The van der Waals surface area contributed by atoms with Crippen molar-refractivity contribution in [2.24, 2.45) is 0 Å². The third-order valence-corrected chi connectivity index (χ3v) is 4.47. The minimum atomic E-state index is -0.298. The minimum Gasteiger partial charge on any atom is -0.462 e. The van der Waals surface area contributed by atoms with Gasteiger partial charge in [0.1, 0.15) is 0 Å². The fourth-order valence-electron chi connectivity index (χ4n) is 3.14. The predicted octanol–water partition coefficient (Wildman–Crippen LogP) is 4.20. The number of carbonyl (C=O) groups is 2. The summed E-state index contributed by atoms with van der Waals surface area (Å²) in [5, 5.41) is 0.597. The third kappa shape index (κ3) is 3.24. The molecule has 1 unspecified atom stereocenters. The first-order valence-corrected chi connectivity index (χ1v) is 8.55. The number of hydrogen-bond acceptors (Lipinski definition) is 3. The van der Waals surface area contributed by atoms with Crippen LogP contribution in [0, 0.1) is 0 Å². The van der Waals surface area contributed by atoms with Crippen molar-refractivity contribution in [2.45, 2.75) is 45.3 Å². The maximum atomic E-state index is 12.8. The van der Waals surface area contributed by atoms with Crippen LogP contribution in [0.2, 0.25) is 5.02 Å². The quantitative estimate of drug-likeness (QED) is 0.616. The van der Waals surface area contributed by atoms with E-state index < -0.39 is 0 Å². The van der Waals surface area contributed by atoms with E-state index in [1.165, 1.54) is 0 Å². The molecule has 126 valence electrons. The van der Waals surface area contributed by atoms with Crippen LogP contribution in [-0.4, -0.2) is 22.4 Å². The zero-order valence-corrected chi connectivity index (χ0v) is 14.5. The molecule has 4 nitrogen and oxygen atoms in total. The van der Waals surface area contributed by atoms with Crippen LogP contribution in [0.15, 0.2) is 36.4 Å². The molecule has 0 saturated heterocycles. The highest BCUT2D eigenvalue weighted by atomic mass is 35.5. The van der Waals surface area contributed by atoms with Gasteiger partial charge in [0, 0.05) is 22.8 Å². The summed E-state index contributed by atoms with van der Waals surface area (Å²) >= 11 is 5.88. The van der Waals surface area contributed by atoms with E-state index in [4.69, 9.17) is 16.3 Å². The largest absolute Gasteiger partial charge is 0.462 e. The molecule has 3 rings (SSSR count). The average molecular weight is 346 g/mol. The van der Waals surface area contributed by atoms with Crippen molar-refractivity contribution < 1.29 is 14.3 Å². The lowest BCUT2D eigenvalue weighted by molar-refractivity contribution is -0.149. The molecule has 1 aromatic heterocycles. The van der Waals surface area contributed by atoms with Gasteiger partial charge in [-0.3, -0.25) is 9.59 Å². The van der Waals surface area contributed by atoms with Crippen LogP contribution in [0.25, 0.3) is 0 Å². The molecule has 24 heavy (non-hydrogen) atoms. The summed E-state index contributed by atoms with van der Waals surface area (Å²) in [5.74, 6) is -0.571. The molecule has 1 atom stereocenters. The molecule has 0 amide bonds. The van der Waals surface area contributed by atoms with Gasteiger partial charge in [-0.1, -0.05) is 11.6 Å². The first-order chi connectivity index (χ1) is 11.5. The molecule has 1 aliphatic heterocycles. The van der Waals surface area contributed by atoms with Gasteiger partial charge in [-0.25, -0.2) is 0 Å². The molecule has 1 aromatic carbocycles. The van der Waals surface area contributed by atoms with Crippen molar-refractivity contribution >= 4 is 23.4 Å². The lowest BCUT2D eigenvalue weighted by atomic mass is 9.96. The Morgan fingerprint density at radius 1 is 1.17 bits per heavy atom. The molecule has 0 fully saturated rings. The Hall–Kier alpha value is -2.07. The Morgan fingerprint density at radius 2 is 1.88 bits per heavy atom. The zero-order chi connectivity index (χ0) is 17.3. The summed E-state index contributed by atoms with van der Waals surface area (Å²) in [7, 11) is 0. The van der Waals surface area contributed by atoms with Gasteiger partial charge in [0.05, 0.1) is 17.7 Å². The van der Waals surface area contributed by atoms with E-state index in [9.17, 15) is 9.59 Å². The smallest absolute Gasteiger partial charge is 0.315 e. The van der Waals surface area contributed by atoms with Gasteiger partial charge in [-0.15, -0.1) is 0 Å². The Morgan fingerprint density at radius 3 is 2.54 bits per heavy atom. The van der Waals surface area contributed by atoms with Gasteiger partial charge in [0.25, 0.3) is 0 Å². The van der Waals surface area contributed by atoms with Gasteiger partial charge >= 0.3 is 5.97 Å². The number of ether oxygens (including phenoxy) is 1. The van der Waals surface area contributed by atoms with E-state index in [0.29, 0.717) is 16.3 Å². The van der Waals surface area contributed by atoms with Crippen LogP contribution in [0.5, 0.6) is 0 Å². The van der Waals surface area contributed by atoms with Crippen molar-refractivity contribution in [3.8, 4) is 0 Å². The molecule has 2 aromatic rings. The average Bonchev–Trinajstić information content (AvgIpc) is 2.98. The fraction of sp³-hybridized carbons (Fsp3) is 0.368. The normalized spacial score (nSPS) is 16.8. The second-order valence-electron chi connectivity index (χ2n) is 6.31. The van der Waals surface area contributed by atoms with E-state index in [0.717, 1.165) is 25.1 Å². The van der Waals surface area contributed by atoms with E-state index in [-0.39, 0.29) is 23.8 Å². The highest BCUT2D eigenvalue weighted by molar-refractivity contribution is 6.30. The van der Waals surface area contributed by atoms with Crippen LogP contribution in [0.1, 0.15) is 54.4 Å². The summed E-state index contributed by atoms with van der Waals surface area (Å²) in [5.41, 5.74) is 2.06. The second kappa shape index (κ2) is 6.81. The lowest BCUT2D eigenvalue weighted by Gasteiger charge is -2.25. The zero-order valence-electron chi connectivity index (χ0n) is 13.8. The number of benzene rings is 1. The van der Waals surface area contributed by atoms with Gasteiger partial charge in [0.2, 0.25) is 5.78 Å². The maximum Gasteiger partial charge on any atom is 0.315 e. The van der Waals surface area contributed by atoms with Crippen LogP contribution in [-0.2, 0) is 16.1 Å². The van der Waals surface area contributed by atoms with E-state index in [1.54, 1.807) is 30.3 Å². The standard InChI is InChI=1S/C19H20ClNO3/c1-12(2)24-19(23)15-4-3-11-21-16(15)9-10-17(21)18(22)13-5-7-14(20)8-6-13/h5-10,12,15H,3-4,11H2,1-2H3. The van der Waals surface area contributed by atoms with Crippen LogP contribution < -0.4 is 0 Å². The van der Waals surface area contributed by atoms with Crippen molar-refractivity contribution in [3.05, 3.63) is 58.4 Å². The molecule has 0 N–H and O–H groups in total. The van der Waals surface area contributed by atoms with Gasteiger partial charge in [-0.2, -0.15) is 0 Å².